The van der Waals surface area contributed by atoms with E-state index in [4.69, 9.17) is 16.3 Å². The molecular weight excluding hydrogens is 438 g/mol. The van der Waals surface area contributed by atoms with Crippen molar-refractivity contribution in [2.24, 2.45) is 5.92 Å². The summed E-state index contributed by atoms with van der Waals surface area (Å²) in [5, 5.41) is 11.8. The van der Waals surface area contributed by atoms with Crippen molar-refractivity contribution in [3.63, 3.8) is 0 Å². The van der Waals surface area contributed by atoms with Gasteiger partial charge in [0.1, 0.15) is 11.5 Å². The third kappa shape index (κ3) is 5.59. The molecule has 5 nitrogen and oxygen atoms in total. The van der Waals surface area contributed by atoms with Crippen LogP contribution in [0.2, 0.25) is 5.02 Å². The molecule has 1 saturated heterocycles. The lowest BCUT2D eigenvalue weighted by Crippen LogP contribution is -2.30. The van der Waals surface area contributed by atoms with Crippen molar-refractivity contribution in [2.75, 3.05) is 13.2 Å². The smallest absolute Gasteiger partial charge is 0.295 e. The molecule has 6 heteroatoms. The maximum absolute atomic E-state index is 13.1. The number of halogens is 1. The average molecular weight is 470 g/mol. The van der Waals surface area contributed by atoms with Gasteiger partial charge in [-0.15, -0.1) is 0 Å². The fraction of sp³-hybridized carbons (Fsp3) is 0.407. The number of aryl methyl sites for hydroxylation is 1. The van der Waals surface area contributed by atoms with E-state index in [0.29, 0.717) is 29.7 Å². The molecule has 0 bridgehead atoms. The number of likely N-dealkylation sites (tertiary alicyclic amines) is 1. The molecule has 3 rings (SSSR count). The largest absolute Gasteiger partial charge is 0.507 e. The number of hydrogen-bond donors (Lipinski definition) is 1. The Morgan fingerprint density at radius 2 is 1.82 bits per heavy atom. The van der Waals surface area contributed by atoms with Crippen LogP contribution in [-0.2, 0) is 9.59 Å². The van der Waals surface area contributed by atoms with Gasteiger partial charge in [0.2, 0.25) is 0 Å². The standard InChI is InChI=1S/C27H32ClNO4/c1-5-6-7-14-29-24(19-8-11-21(28)12-9-19)23(26(31)27(29)32)25(30)20-10-13-22(18(4)15-20)33-16-17(2)3/h8-13,15,17,24,30H,5-7,14,16H2,1-4H3/b25-23-. The van der Waals surface area contributed by atoms with E-state index in [0.717, 1.165) is 36.1 Å². The number of benzene rings is 2. The number of carbonyl (C=O) groups excluding carboxylic acids is 2. The van der Waals surface area contributed by atoms with Crippen molar-refractivity contribution < 1.29 is 19.4 Å². The summed E-state index contributed by atoms with van der Waals surface area (Å²) >= 11 is 6.07. The van der Waals surface area contributed by atoms with Gasteiger partial charge < -0.3 is 14.7 Å². The molecule has 0 spiro atoms. The Labute approximate surface area is 201 Å². The van der Waals surface area contributed by atoms with E-state index in [1.54, 1.807) is 47.4 Å². The molecule has 1 aliphatic heterocycles. The Hall–Kier alpha value is -2.79. The Bertz CT molecular complexity index is 1040. The fourth-order valence-corrected chi connectivity index (χ4v) is 4.13. The first-order chi connectivity index (χ1) is 15.7. The quantitative estimate of drug-likeness (QED) is 0.203. The topological polar surface area (TPSA) is 66.8 Å². The Kier molecular flexibility index (Phi) is 8.20. The van der Waals surface area contributed by atoms with Crippen molar-refractivity contribution in [2.45, 2.75) is 53.0 Å². The number of aliphatic hydroxyl groups is 1. The number of nitrogens with zero attached hydrogens (tertiary/aromatic N) is 1. The lowest BCUT2D eigenvalue weighted by Gasteiger charge is -2.25. The molecule has 1 heterocycles. The van der Waals surface area contributed by atoms with Crippen molar-refractivity contribution >= 4 is 29.1 Å². The van der Waals surface area contributed by atoms with Crippen LogP contribution < -0.4 is 4.74 Å². The molecule has 1 aliphatic rings. The maximum atomic E-state index is 13.1. The highest BCUT2D eigenvalue weighted by Crippen LogP contribution is 2.40. The van der Waals surface area contributed by atoms with E-state index in [2.05, 4.69) is 20.8 Å². The maximum Gasteiger partial charge on any atom is 0.295 e. The van der Waals surface area contributed by atoms with Gasteiger partial charge in [-0.25, -0.2) is 0 Å². The van der Waals surface area contributed by atoms with E-state index in [1.165, 1.54) is 0 Å². The van der Waals surface area contributed by atoms with Gasteiger partial charge in [0.05, 0.1) is 18.2 Å². The summed E-state index contributed by atoms with van der Waals surface area (Å²) < 4.78 is 5.83. The molecule has 176 valence electrons. The summed E-state index contributed by atoms with van der Waals surface area (Å²) in [5.41, 5.74) is 2.18. The van der Waals surface area contributed by atoms with E-state index in [-0.39, 0.29) is 11.3 Å². The van der Waals surface area contributed by atoms with E-state index in [1.807, 2.05) is 6.92 Å². The summed E-state index contributed by atoms with van der Waals surface area (Å²) in [5.74, 6) is -0.303. The normalized spacial score (nSPS) is 17.8. The number of hydrogen-bond acceptors (Lipinski definition) is 4. The van der Waals surface area contributed by atoms with Crippen molar-refractivity contribution in [1.82, 2.24) is 4.90 Å². The number of amides is 1. The molecule has 1 atom stereocenters. The third-order valence-corrected chi connectivity index (χ3v) is 6.00. The molecule has 1 amide bonds. The van der Waals surface area contributed by atoms with Gasteiger partial charge in [0.15, 0.2) is 0 Å². The number of ketones is 1. The first-order valence-corrected chi connectivity index (χ1v) is 11.9. The molecule has 0 radical (unpaired) electrons. The Morgan fingerprint density at radius 1 is 1.12 bits per heavy atom. The Morgan fingerprint density at radius 3 is 2.42 bits per heavy atom. The van der Waals surface area contributed by atoms with Gasteiger partial charge in [0.25, 0.3) is 11.7 Å². The van der Waals surface area contributed by atoms with Crippen LogP contribution in [0.15, 0.2) is 48.0 Å². The molecule has 2 aromatic rings. The first-order valence-electron chi connectivity index (χ1n) is 11.5. The van der Waals surface area contributed by atoms with E-state index < -0.39 is 17.7 Å². The molecule has 1 fully saturated rings. The highest BCUT2D eigenvalue weighted by atomic mass is 35.5. The molecular formula is C27H32ClNO4. The number of ether oxygens (including phenoxy) is 1. The van der Waals surface area contributed by atoms with Gasteiger partial charge in [-0.3, -0.25) is 9.59 Å². The van der Waals surface area contributed by atoms with Crippen molar-refractivity contribution in [3.05, 3.63) is 69.8 Å². The van der Waals surface area contributed by atoms with Gasteiger partial charge >= 0.3 is 0 Å². The SMILES string of the molecule is CCCCCN1C(=O)C(=O)/C(=C(\O)c2ccc(OCC(C)C)c(C)c2)C1c1ccc(Cl)cc1. The molecule has 1 N–H and O–H groups in total. The summed E-state index contributed by atoms with van der Waals surface area (Å²) in [6.07, 6.45) is 2.74. The lowest BCUT2D eigenvalue weighted by molar-refractivity contribution is -0.139. The van der Waals surface area contributed by atoms with Crippen LogP contribution in [0, 0.1) is 12.8 Å². The zero-order valence-electron chi connectivity index (χ0n) is 19.7. The van der Waals surface area contributed by atoms with Crippen LogP contribution in [0.4, 0.5) is 0 Å². The van der Waals surface area contributed by atoms with Crippen molar-refractivity contribution in [1.29, 1.82) is 0 Å². The zero-order valence-corrected chi connectivity index (χ0v) is 20.5. The Balaban J connectivity index is 2.04. The molecule has 1 unspecified atom stereocenters. The predicted octanol–water partition coefficient (Wildman–Crippen LogP) is 6.30. The van der Waals surface area contributed by atoms with E-state index in [9.17, 15) is 14.7 Å². The third-order valence-electron chi connectivity index (χ3n) is 5.75. The van der Waals surface area contributed by atoms with Gasteiger partial charge in [-0.05, 0) is 60.7 Å². The van der Waals surface area contributed by atoms with Gasteiger partial charge in [0, 0.05) is 17.1 Å². The van der Waals surface area contributed by atoms with Crippen LogP contribution in [-0.4, -0.2) is 34.8 Å². The molecule has 2 aromatic carbocycles. The number of aliphatic hydroxyl groups excluding tert-OH is 1. The second-order valence-corrected chi connectivity index (χ2v) is 9.37. The minimum absolute atomic E-state index is 0.106. The summed E-state index contributed by atoms with van der Waals surface area (Å²) in [4.78, 5) is 27.6. The fourth-order valence-electron chi connectivity index (χ4n) is 4.01. The monoisotopic (exact) mass is 469 g/mol. The minimum Gasteiger partial charge on any atom is -0.507 e. The highest BCUT2D eigenvalue weighted by molar-refractivity contribution is 6.46. The zero-order chi connectivity index (χ0) is 24.1. The molecule has 0 aromatic heterocycles. The molecule has 0 aliphatic carbocycles. The first kappa shape index (κ1) is 24.8. The van der Waals surface area contributed by atoms with Gasteiger partial charge in [-0.2, -0.15) is 0 Å². The number of Topliss-reactive ketones (excluding diaryl/α,β-unsaturated/α-hetero) is 1. The van der Waals surface area contributed by atoms with Gasteiger partial charge in [-0.1, -0.05) is 57.3 Å². The highest BCUT2D eigenvalue weighted by Gasteiger charge is 2.45. The predicted molar refractivity (Wildman–Crippen MR) is 131 cm³/mol. The van der Waals surface area contributed by atoms with Crippen LogP contribution in [0.25, 0.3) is 5.76 Å². The number of carbonyl (C=O) groups is 2. The van der Waals surface area contributed by atoms with Crippen LogP contribution in [0.5, 0.6) is 5.75 Å². The number of rotatable bonds is 9. The summed E-state index contributed by atoms with van der Waals surface area (Å²) in [6, 6.07) is 11.7. The average Bonchev–Trinajstić information content (AvgIpc) is 3.03. The molecule has 0 saturated carbocycles. The second-order valence-electron chi connectivity index (χ2n) is 8.94. The van der Waals surface area contributed by atoms with Crippen molar-refractivity contribution in [3.8, 4) is 5.75 Å². The molecule has 33 heavy (non-hydrogen) atoms. The minimum atomic E-state index is -0.665. The van der Waals surface area contributed by atoms with E-state index >= 15 is 0 Å². The van der Waals surface area contributed by atoms with Crippen LogP contribution in [0.1, 0.15) is 62.8 Å². The summed E-state index contributed by atoms with van der Waals surface area (Å²) in [6.45, 7) is 9.17. The lowest BCUT2D eigenvalue weighted by atomic mass is 9.94. The van der Waals surface area contributed by atoms with Crippen LogP contribution >= 0.6 is 11.6 Å². The number of unbranched alkanes of at least 4 members (excludes halogenated alkanes) is 2. The second kappa shape index (κ2) is 10.9. The summed E-state index contributed by atoms with van der Waals surface area (Å²) in [7, 11) is 0. The van der Waals surface area contributed by atoms with Crippen LogP contribution in [0.3, 0.4) is 0 Å².